The first-order valence-corrected chi connectivity index (χ1v) is 8.68. The molecule has 6 nitrogen and oxygen atoms in total. The summed E-state index contributed by atoms with van der Waals surface area (Å²) in [5.41, 5.74) is 4.34. The highest BCUT2D eigenvalue weighted by Gasteiger charge is 2.22. The minimum absolute atomic E-state index is 0.107. The largest absolute Gasteiger partial charge is 0.507 e. The van der Waals surface area contributed by atoms with Crippen LogP contribution in [-0.4, -0.2) is 26.5 Å². The number of furan rings is 1. The average Bonchev–Trinajstić information content (AvgIpc) is 3.14. The molecular formula is C20H21N3O3. The second kappa shape index (κ2) is 6.46. The zero-order valence-corrected chi connectivity index (χ0v) is 14.9. The number of aromatic amines is 1. The van der Waals surface area contributed by atoms with Crippen molar-refractivity contribution >= 4 is 0 Å². The van der Waals surface area contributed by atoms with Crippen LogP contribution in [0.25, 0.3) is 11.6 Å². The van der Waals surface area contributed by atoms with Crippen molar-refractivity contribution in [2.75, 3.05) is 6.54 Å². The molecule has 0 amide bonds. The van der Waals surface area contributed by atoms with Crippen LogP contribution in [0, 0.1) is 13.8 Å². The fourth-order valence-electron chi connectivity index (χ4n) is 3.54. The number of aromatic nitrogens is 2. The van der Waals surface area contributed by atoms with Crippen LogP contribution in [-0.2, 0) is 19.5 Å². The maximum Gasteiger partial charge on any atom is 0.256 e. The van der Waals surface area contributed by atoms with E-state index in [-0.39, 0.29) is 5.56 Å². The molecule has 134 valence electrons. The molecule has 1 aromatic carbocycles. The topological polar surface area (TPSA) is 82.4 Å². The number of nitrogens with zero attached hydrogens (tertiary/aromatic N) is 2. The number of phenols is 1. The summed E-state index contributed by atoms with van der Waals surface area (Å²) in [4.78, 5) is 22.2. The Balaban J connectivity index is 1.58. The van der Waals surface area contributed by atoms with Gasteiger partial charge in [0.1, 0.15) is 5.75 Å². The SMILES string of the molecule is Cc1cc(CN2CCc3nc(-c4ccco4)[nH]c(=O)c3C2)cc(C)c1O. The van der Waals surface area contributed by atoms with Gasteiger partial charge in [-0.25, -0.2) is 4.98 Å². The van der Waals surface area contributed by atoms with Gasteiger partial charge in [-0.2, -0.15) is 0 Å². The molecule has 1 aliphatic heterocycles. The molecule has 0 bridgehead atoms. The molecule has 0 saturated carbocycles. The molecule has 0 fully saturated rings. The van der Waals surface area contributed by atoms with Crippen LogP contribution < -0.4 is 5.56 Å². The predicted octanol–water partition coefficient (Wildman–Crippen LogP) is 2.91. The van der Waals surface area contributed by atoms with E-state index in [2.05, 4.69) is 14.9 Å². The lowest BCUT2D eigenvalue weighted by molar-refractivity contribution is 0.241. The van der Waals surface area contributed by atoms with E-state index in [9.17, 15) is 9.90 Å². The highest BCUT2D eigenvalue weighted by Crippen LogP contribution is 2.25. The lowest BCUT2D eigenvalue weighted by Crippen LogP contribution is -2.35. The average molecular weight is 351 g/mol. The van der Waals surface area contributed by atoms with Crippen LogP contribution in [0.3, 0.4) is 0 Å². The van der Waals surface area contributed by atoms with E-state index < -0.39 is 0 Å². The third-order valence-corrected chi connectivity index (χ3v) is 4.86. The number of aromatic hydroxyl groups is 1. The zero-order chi connectivity index (χ0) is 18.3. The molecule has 6 heteroatoms. The summed E-state index contributed by atoms with van der Waals surface area (Å²) in [6.45, 7) is 5.94. The summed E-state index contributed by atoms with van der Waals surface area (Å²) in [6, 6.07) is 7.56. The Hall–Kier alpha value is -2.86. The first-order valence-electron chi connectivity index (χ1n) is 8.68. The molecular weight excluding hydrogens is 330 g/mol. The Morgan fingerprint density at radius 1 is 1.31 bits per heavy atom. The standard InChI is InChI=1S/C20H21N3O3/c1-12-8-14(9-13(2)18(12)24)10-23-6-5-16-15(11-23)20(25)22-19(21-16)17-4-3-7-26-17/h3-4,7-9,24H,5-6,10-11H2,1-2H3,(H,21,22,25). The van der Waals surface area contributed by atoms with Gasteiger partial charge in [-0.3, -0.25) is 9.69 Å². The molecule has 2 aromatic heterocycles. The van der Waals surface area contributed by atoms with Gasteiger partial charge in [-0.1, -0.05) is 12.1 Å². The van der Waals surface area contributed by atoms with E-state index in [0.717, 1.165) is 47.5 Å². The Labute approximate surface area is 151 Å². The molecule has 0 unspecified atom stereocenters. The van der Waals surface area contributed by atoms with E-state index in [1.807, 2.05) is 26.0 Å². The van der Waals surface area contributed by atoms with Crippen molar-refractivity contribution < 1.29 is 9.52 Å². The third kappa shape index (κ3) is 3.04. The van der Waals surface area contributed by atoms with E-state index in [1.165, 1.54) is 0 Å². The highest BCUT2D eigenvalue weighted by molar-refractivity contribution is 5.47. The van der Waals surface area contributed by atoms with Crippen LogP contribution >= 0.6 is 0 Å². The molecule has 26 heavy (non-hydrogen) atoms. The van der Waals surface area contributed by atoms with Gasteiger partial charge in [0.05, 0.1) is 17.5 Å². The zero-order valence-electron chi connectivity index (χ0n) is 14.9. The number of rotatable bonds is 3. The van der Waals surface area contributed by atoms with Crippen molar-refractivity contribution in [3.63, 3.8) is 0 Å². The first kappa shape index (κ1) is 16.6. The monoisotopic (exact) mass is 351 g/mol. The van der Waals surface area contributed by atoms with Gasteiger partial charge in [0.25, 0.3) is 5.56 Å². The van der Waals surface area contributed by atoms with Gasteiger partial charge < -0.3 is 14.5 Å². The Kier molecular flexibility index (Phi) is 4.12. The Morgan fingerprint density at radius 3 is 2.77 bits per heavy atom. The Morgan fingerprint density at radius 2 is 2.08 bits per heavy atom. The van der Waals surface area contributed by atoms with Gasteiger partial charge in [0.2, 0.25) is 0 Å². The summed E-state index contributed by atoms with van der Waals surface area (Å²) in [7, 11) is 0. The molecule has 0 saturated heterocycles. The van der Waals surface area contributed by atoms with Crippen LogP contribution in [0.15, 0.2) is 39.7 Å². The number of hydrogen-bond acceptors (Lipinski definition) is 5. The van der Waals surface area contributed by atoms with Gasteiger partial charge in [0.15, 0.2) is 11.6 Å². The lowest BCUT2D eigenvalue weighted by atomic mass is 10.0. The van der Waals surface area contributed by atoms with Crippen LogP contribution in [0.1, 0.15) is 27.9 Å². The van der Waals surface area contributed by atoms with Gasteiger partial charge in [-0.15, -0.1) is 0 Å². The number of benzene rings is 1. The summed E-state index contributed by atoms with van der Waals surface area (Å²) in [5.74, 6) is 1.41. The minimum Gasteiger partial charge on any atom is -0.507 e. The second-order valence-electron chi connectivity index (χ2n) is 6.86. The highest BCUT2D eigenvalue weighted by atomic mass is 16.3. The van der Waals surface area contributed by atoms with Gasteiger partial charge in [0, 0.05) is 26.1 Å². The van der Waals surface area contributed by atoms with Crippen molar-refractivity contribution in [3.8, 4) is 17.3 Å². The predicted molar refractivity (Wildman–Crippen MR) is 98.0 cm³/mol. The van der Waals surface area contributed by atoms with E-state index >= 15 is 0 Å². The summed E-state index contributed by atoms with van der Waals surface area (Å²) < 4.78 is 5.33. The first-order chi connectivity index (χ1) is 12.5. The van der Waals surface area contributed by atoms with Crippen molar-refractivity contribution in [1.29, 1.82) is 0 Å². The molecule has 0 radical (unpaired) electrons. The number of aryl methyl sites for hydroxylation is 2. The van der Waals surface area contributed by atoms with Crippen LogP contribution in [0.4, 0.5) is 0 Å². The summed E-state index contributed by atoms with van der Waals surface area (Å²) in [6.07, 6.45) is 2.29. The number of phenolic OH excluding ortho intramolecular Hbond substituents is 1. The number of hydrogen-bond donors (Lipinski definition) is 2. The number of nitrogens with one attached hydrogen (secondary N) is 1. The lowest BCUT2D eigenvalue weighted by Gasteiger charge is -2.28. The molecule has 0 spiro atoms. The normalized spacial score (nSPS) is 14.4. The van der Waals surface area contributed by atoms with E-state index in [1.54, 1.807) is 18.4 Å². The molecule has 1 aliphatic rings. The fourth-order valence-corrected chi connectivity index (χ4v) is 3.54. The molecule has 0 atom stereocenters. The minimum atomic E-state index is -0.107. The molecule has 0 aliphatic carbocycles. The smallest absolute Gasteiger partial charge is 0.256 e. The van der Waals surface area contributed by atoms with Crippen molar-refractivity contribution in [3.05, 3.63) is 68.8 Å². The third-order valence-electron chi connectivity index (χ3n) is 4.86. The maximum atomic E-state index is 12.5. The molecule has 4 rings (SSSR count). The van der Waals surface area contributed by atoms with Crippen molar-refractivity contribution in [1.82, 2.24) is 14.9 Å². The summed E-state index contributed by atoms with van der Waals surface area (Å²) >= 11 is 0. The quantitative estimate of drug-likeness (QED) is 0.758. The van der Waals surface area contributed by atoms with E-state index in [4.69, 9.17) is 4.42 Å². The number of fused-ring (bicyclic) bond motifs is 1. The fraction of sp³-hybridized carbons (Fsp3) is 0.300. The second-order valence-corrected chi connectivity index (χ2v) is 6.86. The molecule has 2 N–H and O–H groups in total. The van der Waals surface area contributed by atoms with Gasteiger partial charge in [-0.05, 0) is 42.7 Å². The molecule has 3 heterocycles. The Bertz CT molecular complexity index is 983. The number of H-pyrrole nitrogens is 1. The maximum absolute atomic E-state index is 12.5. The van der Waals surface area contributed by atoms with Crippen LogP contribution in [0.5, 0.6) is 5.75 Å². The van der Waals surface area contributed by atoms with Gasteiger partial charge >= 0.3 is 0 Å². The van der Waals surface area contributed by atoms with Crippen LogP contribution in [0.2, 0.25) is 0 Å². The van der Waals surface area contributed by atoms with E-state index in [0.29, 0.717) is 23.9 Å². The van der Waals surface area contributed by atoms with Crippen molar-refractivity contribution in [2.24, 2.45) is 0 Å². The molecule has 3 aromatic rings. The summed E-state index contributed by atoms with van der Waals surface area (Å²) in [5, 5.41) is 9.93. The van der Waals surface area contributed by atoms with Crippen molar-refractivity contribution in [2.45, 2.75) is 33.4 Å².